The number of ether oxygens (including phenoxy) is 3. The van der Waals surface area contributed by atoms with E-state index in [0.717, 1.165) is 6.26 Å². The van der Waals surface area contributed by atoms with Crippen LogP contribution in [-0.2, 0) is 29.9 Å². The standard InChI is InChI=1S/C34H38ClF3N4O8S/c1-19(40-50-33(4,5)31(44)41-51(8,45)46)20-13-22(16-24(14-20)47-6)39-29(25-11-9-21(35)15-28(25)48-7)30(43)42-18-32(2,3)26-12-10-23(17-27(26)42)49-34(36,37)38/h9-17,29,39H,18H2,1-8H3,(H,41,44). The number of hydrogen-bond acceptors (Lipinski definition) is 10. The van der Waals surface area contributed by atoms with E-state index in [2.05, 4.69) is 15.2 Å². The van der Waals surface area contributed by atoms with Crippen LogP contribution >= 0.6 is 11.6 Å². The maximum Gasteiger partial charge on any atom is 0.573 e. The lowest BCUT2D eigenvalue weighted by Crippen LogP contribution is -2.45. The van der Waals surface area contributed by atoms with Crippen molar-refractivity contribution < 1.29 is 50.2 Å². The number of carbonyl (C=O) groups is 2. The normalized spacial score (nSPS) is 15.1. The van der Waals surface area contributed by atoms with Crippen LogP contribution in [0, 0.1) is 0 Å². The van der Waals surface area contributed by atoms with Gasteiger partial charge in [-0.1, -0.05) is 42.7 Å². The molecule has 0 fully saturated rings. The summed E-state index contributed by atoms with van der Waals surface area (Å²) in [6, 6.07) is 12.3. The summed E-state index contributed by atoms with van der Waals surface area (Å²) >= 11 is 6.25. The monoisotopic (exact) mass is 754 g/mol. The number of alkyl halides is 3. The fourth-order valence-electron chi connectivity index (χ4n) is 5.36. The summed E-state index contributed by atoms with van der Waals surface area (Å²) in [5, 5.41) is 7.63. The predicted molar refractivity (Wildman–Crippen MR) is 186 cm³/mol. The van der Waals surface area contributed by atoms with Crippen molar-refractivity contribution >= 4 is 50.5 Å². The highest BCUT2D eigenvalue weighted by atomic mass is 35.5. The second kappa shape index (κ2) is 14.5. The van der Waals surface area contributed by atoms with Crippen molar-refractivity contribution in [3.05, 3.63) is 76.3 Å². The van der Waals surface area contributed by atoms with Gasteiger partial charge >= 0.3 is 6.36 Å². The third kappa shape index (κ3) is 9.55. The van der Waals surface area contributed by atoms with Gasteiger partial charge in [-0.05, 0) is 56.7 Å². The molecule has 1 aliphatic heterocycles. The topological polar surface area (TPSA) is 145 Å². The number of amides is 2. The van der Waals surface area contributed by atoms with Gasteiger partial charge in [0.1, 0.15) is 23.3 Å². The van der Waals surface area contributed by atoms with Gasteiger partial charge in [-0.2, -0.15) is 0 Å². The van der Waals surface area contributed by atoms with Gasteiger partial charge in [-0.3, -0.25) is 9.59 Å². The zero-order chi connectivity index (χ0) is 38.1. The van der Waals surface area contributed by atoms with Crippen molar-refractivity contribution in [3.63, 3.8) is 0 Å². The molecule has 0 radical (unpaired) electrons. The van der Waals surface area contributed by atoms with E-state index in [1.165, 1.54) is 57.2 Å². The van der Waals surface area contributed by atoms with Crippen molar-refractivity contribution in [1.29, 1.82) is 0 Å². The second-order valence-electron chi connectivity index (χ2n) is 12.9. The van der Waals surface area contributed by atoms with Crippen molar-refractivity contribution in [3.8, 4) is 17.2 Å². The Kier molecular flexibility index (Phi) is 11.1. The number of benzene rings is 3. The molecule has 2 N–H and O–H groups in total. The first-order valence-corrected chi connectivity index (χ1v) is 17.6. The molecule has 51 heavy (non-hydrogen) atoms. The van der Waals surface area contributed by atoms with E-state index in [4.69, 9.17) is 25.9 Å². The summed E-state index contributed by atoms with van der Waals surface area (Å²) in [6.07, 6.45) is -4.10. The van der Waals surface area contributed by atoms with Crippen molar-refractivity contribution in [2.75, 3.05) is 37.2 Å². The summed E-state index contributed by atoms with van der Waals surface area (Å²) in [6.45, 7) is 8.15. The van der Waals surface area contributed by atoms with Gasteiger partial charge < -0.3 is 29.3 Å². The largest absolute Gasteiger partial charge is 0.573 e. The highest BCUT2D eigenvalue weighted by Crippen LogP contribution is 2.45. The molecule has 0 bridgehead atoms. The molecule has 4 rings (SSSR count). The first-order chi connectivity index (χ1) is 23.5. The van der Waals surface area contributed by atoms with E-state index >= 15 is 0 Å². The molecule has 1 heterocycles. The lowest BCUT2D eigenvalue weighted by atomic mass is 9.87. The fourth-order valence-corrected chi connectivity index (χ4v) is 6.11. The molecule has 1 atom stereocenters. The lowest BCUT2D eigenvalue weighted by molar-refractivity contribution is -0.274. The number of nitrogens with zero attached hydrogens (tertiary/aromatic N) is 2. The molecule has 12 nitrogen and oxygen atoms in total. The number of sulfonamides is 1. The number of hydrogen-bond donors (Lipinski definition) is 2. The summed E-state index contributed by atoms with van der Waals surface area (Å²) in [7, 11) is -1.01. The molecule has 3 aromatic carbocycles. The number of nitrogens with one attached hydrogen (secondary N) is 2. The smallest absolute Gasteiger partial charge is 0.497 e. The SMILES string of the molecule is COc1cc(NC(C(=O)N2CC(C)(C)c3ccc(OC(F)(F)F)cc32)c2ccc(Cl)cc2OC)cc(C(C)=NOC(C)(C)C(=O)NS(C)(=O)=O)c1. The van der Waals surface area contributed by atoms with Crippen LogP contribution in [0.1, 0.15) is 57.4 Å². The van der Waals surface area contributed by atoms with Crippen molar-refractivity contribution in [2.24, 2.45) is 5.16 Å². The van der Waals surface area contributed by atoms with Crippen LogP contribution < -0.4 is 29.1 Å². The van der Waals surface area contributed by atoms with Gasteiger partial charge in [0.15, 0.2) is 0 Å². The number of carbonyl (C=O) groups excluding carboxylic acids is 2. The van der Waals surface area contributed by atoms with E-state index in [9.17, 15) is 31.2 Å². The van der Waals surface area contributed by atoms with Gasteiger partial charge in [-0.15, -0.1) is 13.2 Å². The number of rotatable bonds is 12. The van der Waals surface area contributed by atoms with Crippen LogP contribution in [0.2, 0.25) is 5.02 Å². The van der Waals surface area contributed by atoms with Crippen molar-refractivity contribution in [2.45, 2.75) is 58.0 Å². The quantitative estimate of drug-likeness (QED) is 0.160. The Morgan fingerprint density at radius 3 is 2.29 bits per heavy atom. The maximum absolute atomic E-state index is 14.7. The molecule has 3 aromatic rings. The first-order valence-electron chi connectivity index (χ1n) is 15.3. The minimum absolute atomic E-state index is 0.139. The van der Waals surface area contributed by atoms with Crippen LogP contribution in [0.25, 0.3) is 0 Å². The number of fused-ring (bicyclic) bond motifs is 1. The minimum atomic E-state index is -4.94. The first kappa shape index (κ1) is 39.1. The summed E-state index contributed by atoms with van der Waals surface area (Å²) in [5.74, 6) is -1.32. The Bertz CT molecular complexity index is 1970. The number of oxime groups is 1. The third-order valence-corrected chi connectivity index (χ3v) is 8.69. The average Bonchev–Trinajstić information content (AvgIpc) is 3.29. The van der Waals surface area contributed by atoms with Gasteiger partial charge in [0, 0.05) is 45.9 Å². The van der Waals surface area contributed by atoms with Gasteiger partial charge in [0.2, 0.25) is 15.6 Å². The summed E-state index contributed by atoms with van der Waals surface area (Å²) in [4.78, 5) is 33.9. The van der Waals surface area contributed by atoms with Gasteiger partial charge in [0.05, 0.1) is 31.9 Å². The summed E-state index contributed by atoms with van der Waals surface area (Å²) < 4.78 is 79.7. The highest BCUT2D eigenvalue weighted by Gasteiger charge is 2.42. The second-order valence-corrected chi connectivity index (χ2v) is 15.1. The molecule has 2 amide bonds. The Balaban J connectivity index is 1.77. The average molecular weight is 755 g/mol. The van der Waals surface area contributed by atoms with Gasteiger partial charge in [0.25, 0.3) is 11.8 Å². The molecule has 0 spiro atoms. The van der Waals surface area contributed by atoms with Crippen LogP contribution in [0.3, 0.4) is 0 Å². The number of anilines is 2. The zero-order valence-electron chi connectivity index (χ0n) is 29.1. The Labute approximate surface area is 298 Å². The third-order valence-electron chi connectivity index (χ3n) is 7.90. The van der Waals surface area contributed by atoms with Crippen LogP contribution in [0.5, 0.6) is 17.2 Å². The van der Waals surface area contributed by atoms with Gasteiger partial charge in [-0.25, -0.2) is 13.1 Å². The van der Waals surface area contributed by atoms with E-state index in [-0.39, 0.29) is 23.7 Å². The zero-order valence-corrected chi connectivity index (χ0v) is 30.6. The molecule has 0 aromatic heterocycles. The van der Waals surface area contributed by atoms with Crippen LogP contribution in [0.15, 0.2) is 59.8 Å². The lowest BCUT2D eigenvalue weighted by Gasteiger charge is -2.28. The van der Waals surface area contributed by atoms with E-state index < -0.39 is 51.0 Å². The molecule has 0 saturated heterocycles. The molecule has 0 aliphatic carbocycles. The number of halogens is 4. The van der Waals surface area contributed by atoms with Crippen LogP contribution in [-0.4, -0.2) is 64.9 Å². The predicted octanol–water partition coefficient (Wildman–Crippen LogP) is 6.33. The van der Waals surface area contributed by atoms with E-state index in [0.29, 0.717) is 33.1 Å². The molecule has 1 aliphatic rings. The minimum Gasteiger partial charge on any atom is -0.497 e. The highest BCUT2D eigenvalue weighted by molar-refractivity contribution is 7.89. The van der Waals surface area contributed by atoms with E-state index in [1.54, 1.807) is 37.3 Å². The summed E-state index contributed by atoms with van der Waals surface area (Å²) in [5.41, 5.74) is 0.0326. The number of methoxy groups -OCH3 is 2. The van der Waals surface area contributed by atoms with Crippen molar-refractivity contribution in [1.82, 2.24) is 4.72 Å². The molecule has 276 valence electrons. The molecule has 1 unspecified atom stereocenters. The van der Waals surface area contributed by atoms with Crippen LogP contribution in [0.4, 0.5) is 24.5 Å². The fraction of sp³-hybridized carbons (Fsp3) is 0.382. The molecular weight excluding hydrogens is 717 g/mol. The molecule has 17 heteroatoms. The maximum atomic E-state index is 14.7. The van der Waals surface area contributed by atoms with E-state index in [1.807, 2.05) is 18.6 Å². The Hall–Kier alpha value is -4.70. The Morgan fingerprint density at radius 1 is 1.00 bits per heavy atom. The molecular formula is C34H38ClF3N4O8S. The molecule has 0 saturated carbocycles. The Morgan fingerprint density at radius 2 is 1.69 bits per heavy atom.